The highest BCUT2D eigenvalue weighted by atomic mass is 32.1. The average molecular weight is 317 g/mol. The van der Waals surface area contributed by atoms with Gasteiger partial charge in [0.1, 0.15) is 6.04 Å². The van der Waals surface area contributed by atoms with Crippen LogP contribution in [0.25, 0.3) is 0 Å². The predicted molar refractivity (Wildman–Crippen MR) is 87.8 cm³/mol. The van der Waals surface area contributed by atoms with Gasteiger partial charge < -0.3 is 10.6 Å². The summed E-state index contributed by atoms with van der Waals surface area (Å²) in [6, 6.07) is 12.4. The predicted octanol–water partition coefficient (Wildman–Crippen LogP) is 2.08. The van der Waals surface area contributed by atoms with Gasteiger partial charge >= 0.3 is 6.03 Å². The van der Waals surface area contributed by atoms with Crippen molar-refractivity contribution >= 4 is 23.3 Å². The number of carbonyl (C=O) groups excluding carboxylic acids is 2. The SMILES string of the molecule is CNC(=O)NC(=O)[C@H](NCCc1cccs1)c1ccccc1. The molecule has 0 bridgehead atoms. The molecule has 6 heteroatoms. The first-order valence-electron chi connectivity index (χ1n) is 7.04. The molecule has 116 valence electrons. The number of rotatable bonds is 6. The van der Waals surface area contributed by atoms with Crippen LogP contribution in [0.1, 0.15) is 16.5 Å². The summed E-state index contributed by atoms with van der Waals surface area (Å²) < 4.78 is 0. The minimum atomic E-state index is -0.557. The van der Waals surface area contributed by atoms with Crippen LogP contribution in [-0.2, 0) is 11.2 Å². The summed E-state index contributed by atoms with van der Waals surface area (Å²) in [5.74, 6) is -0.364. The molecular weight excluding hydrogens is 298 g/mol. The maximum atomic E-state index is 12.3. The van der Waals surface area contributed by atoms with Gasteiger partial charge in [-0.1, -0.05) is 36.4 Å². The van der Waals surface area contributed by atoms with Crippen molar-refractivity contribution < 1.29 is 9.59 Å². The molecule has 0 unspecified atom stereocenters. The van der Waals surface area contributed by atoms with Gasteiger partial charge in [-0.15, -0.1) is 11.3 Å². The Hall–Kier alpha value is -2.18. The van der Waals surface area contributed by atoms with Gasteiger partial charge in [-0.05, 0) is 23.4 Å². The van der Waals surface area contributed by atoms with Crippen molar-refractivity contribution in [1.82, 2.24) is 16.0 Å². The minimum absolute atomic E-state index is 0.364. The fourth-order valence-electron chi connectivity index (χ4n) is 2.05. The van der Waals surface area contributed by atoms with Crippen LogP contribution in [0.15, 0.2) is 47.8 Å². The Balaban J connectivity index is 2.01. The van der Waals surface area contributed by atoms with Gasteiger partial charge in [0.05, 0.1) is 0 Å². The lowest BCUT2D eigenvalue weighted by atomic mass is 10.1. The Kier molecular flexibility index (Phi) is 6.12. The second-order valence-corrected chi connectivity index (χ2v) is 5.73. The fraction of sp³-hybridized carbons (Fsp3) is 0.250. The van der Waals surface area contributed by atoms with Crippen LogP contribution in [0.2, 0.25) is 0 Å². The Morgan fingerprint density at radius 3 is 2.55 bits per heavy atom. The number of benzene rings is 1. The molecule has 0 radical (unpaired) electrons. The number of amides is 3. The number of carbonyl (C=O) groups is 2. The van der Waals surface area contributed by atoms with Gasteiger partial charge in [-0.25, -0.2) is 4.79 Å². The lowest BCUT2D eigenvalue weighted by Gasteiger charge is -2.18. The van der Waals surface area contributed by atoms with Crippen molar-refractivity contribution in [1.29, 1.82) is 0 Å². The molecule has 0 aliphatic carbocycles. The lowest BCUT2D eigenvalue weighted by molar-refractivity contribution is -0.122. The van der Waals surface area contributed by atoms with Crippen LogP contribution in [0.3, 0.4) is 0 Å². The zero-order valence-corrected chi connectivity index (χ0v) is 13.2. The number of hydrogen-bond acceptors (Lipinski definition) is 4. The molecule has 0 saturated carbocycles. The van der Waals surface area contributed by atoms with Crippen LogP contribution in [0.4, 0.5) is 4.79 Å². The lowest BCUT2D eigenvalue weighted by Crippen LogP contribution is -2.44. The first kappa shape index (κ1) is 16.2. The molecule has 2 rings (SSSR count). The molecule has 2 aromatic rings. The molecular formula is C16H19N3O2S. The average Bonchev–Trinajstić information content (AvgIpc) is 3.05. The van der Waals surface area contributed by atoms with E-state index in [0.29, 0.717) is 6.54 Å². The van der Waals surface area contributed by atoms with Crippen LogP contribution in [0, 0.1) is 0 Å². The molecule has 0 aliphatic heterocycles. The number of thiophene rings is 1. The fourth-order valence-corrected chi connectivity index (χ4v) is 2.76. The van der Waals surface area contributed by atoms with E-state index in [9.17, 15) is 9.59 Å². The smallest absolute Gasteiger partial charge is 0.321 e. The highest BCUT2D eigenvalue weighted by Crippen LogP contribution is 2.14. The minimum Gasteiger partial charge on any atom is -0.341 e. The van der Waals surface area contributed by atoms with Crippen LogP contribution in [-0.4, -0.2) is 25.5 Å². The molecule has 0 aliphatic rings. The second kappa shape index (κ2) is 8.31. The zero-order valence-electron chi connectivity index (χ0n) is 12.3. The van der Waals surface area contributed by atoms with Gasteiger partial charge in [-0.3, -0.25) is 10.1 Å². The van der Waals surface area contributed by atoms with E-state index in [1.807, 2.05) is 41.8 Å². The summed E-state index contributed by atoms with van der Waals surface area (Å²) >= 11 is 1.69. The third kappa shape index (κ3) is 4.68. The van der Waals surface area contributed by atoms with Gasteiger partial charge in [0.25, 0.3) is 0 Å². The van der Waals surface area contributed by atoms with E-state index in [0.717, 1.165) is 12.0 Å². The molecule has 1 heterocycles. The third-order valence-electron chi connectivity index (χ3n) is 3.16. The third-order valence-corrected chi connectivity index (χ3v) is 4.10. The highest BCUT2D eigenvalue weighted by Gasteiger charge is 2.21. The normalized spacial score (nSPS) is 11.7. The summed E-state index contributed by atoms with van der Waals surface area (Å²) in [5, 5.41) is 9.95. The van der Waals surface area contributed by atoms with E-state index < -0.39 is 12.1 Å². The van der Waals surface area contributed by atoms with Crippen molar-refractivity contribution in [3.63, 3.8) is 0 Å². The monoisotopic (exact) mass is 317 g/mol. The molecule has 1 aromatic carbocycles. The van der Waals surface area contributed by atoms with Gasteiger partial charge in [-0.2, -0.15) is 0 Å². The number of imide groups is 1. The van der Waals surface area contributed by atoms with E-state index in [2.05, 4.69) is 22.0 Å². The van der Waals surface area contributed by atoms with Crippen LogP contribution < -0.4 is 16.0 Å². The van der Waals surface area contributed by atoms with Gasteiger partial charge in [0, 0.05) is 18.5 Å². The van der Waals surface area contributed by atoms with Crippen molar-refractivity contribution in [3.05, 3.63) is 58.3 Å². The molecule has 0 fully saturated rings. The van der Waals surface area contributed by atoms with Crippen LogP contribution in [0.5, 0.6) is 0 Å². The topological polar surface area (TPSA) is 70.2 Å². The highest BCUT2D eigenvalue weighted by molar-refractivity contribution is 7.09. The van der Waals surface area contributed by atoms with E-state index in [-0.39, 0.29) is 5.91 Å². The van der Waals surface area contributed by atoms with Crippen LogP contribution >= 0.6 is 11.3 Å². The number of urea groups is 1. The summed E-state index contributed by atoms with van der Waals surface area (Å²) in [7, 11) is 1.48. The summed E-state index contributed by atoms with van der Waals surface area (Å²) in [5.41, 5.74) is 0.829. The Morgan fingerprint density at radius 2 is 1.91 bits per heavy atom. The molecule has 1 aromatic heterocycles. The van der Waals surface area contributed by atoms with Crippen molar-refractivity contribution in [3.8, 4) is 0 Å². The molecule has 1 atom stereocenters. The first-order chi connectivity index (χ1) is 10.7. The zero-order chi connectivity index (χ0) is 15.8. The van der Waals surface area contributed by atoms with Crippen molar-refractivity contribution in [2.75, 3.05) is 13.6 Å². The molecule has 5 nitrogen and oxygen atoms in total. The Bertz CT molecular complexity index is 599. The van der Waals surface area contributed by atoms with E-state index in [1.54, 1.807) is 11.3 Å². The largest absolute Gasteiger partial charge is 0.341 e. The molecule has 3 amide bonds. The Labute approximate surface area is 133 Å². The first-order valence-corrected chi connectivity index (χ1v) is 7.92. The molecule has 0 saturated heterocycles. The van der Waals surface area contributed by atoms with Crippen molar-refractivity contribution in [2.24, 2.45) is 0 Å². The summed E-state index contributed by atoms with van der Waals surface area (Å²) in [6.45, 7) is 0.654. The Morgan fingerprint density at radius 1 is 1.14 bits per heavy atom. The van der Waals surface area contributed by atoms with Gasteiger partial charge in [0.2, 0.25) is 5.91 Å². The van der Waals surface area contributed by atoms with E-state index >= 15 is 0 Å². The number of nitrogens with one attached hydrogen (secondary N) is 3. The summed E-state index contributed by atoms with van der Waals surface area (Å²) in [6.07, 6.45) is 0.842. The van der Waals surface area contributed by atoms with E-state index in [4.69, 9.17) is 0 Å². The maximum Gasteiger partial charge on any atom is 0.321 e. The molecule has 22 heavy (non-hydrogen) atoms. The molecule has 3 N–H and O–H groups in total. The van der Waals surface area contributed by atoms with E-state index in [1.165, 1.54) is 11.9 Å². The van der Waals surface area contributed by atoms with Gasteiger partial charge in [0.15, 0.2) is 0 Å². The number of hydrogen-bond donors (Lipinski definition) is 3. The summed E-state index contributed by atoms with van der Waals surface area (Å²) in [4.78, 5) is 24.9. The van der Waals surface area contributed by atoms with Crippen molar-refractivity contribution in [2.45, 2.75) is 12.5 Å². The quantitative estimate of drug-likeness (QED) is 0.764. The molecule has 0 spiro atoms. The standard InChI is InChI=1S/C16H19N3O2S/c1-17-16(21)19-15(20)14(12-6-3-2-4-7-12)18-10-9-13-8-5-11-22-13/h2-8,11,14,18H,9-10H2,1H3,(H2,17,19,20,21)/t14-/m1/s1. The second-order valence-electron chi connectivity index (χ2n) is 4.70. The maximum absolute atomic E-state index is 12.3.